The van der Waals surface area contributed by atoms with Crippen molar-refractivity contribution in [1.29, 1.82) is 21.0 Å². The zero-order valence-corrected chi connectivity index (χ0v) is 18.9. The van der Waals surface area contributed by atoms with Crippen molar-refractivity contribution >= 4 is 12.2 Å². The van der Waals surface area contributed by atoms with Gasteiger partial charge in [0.1, 0.15) is 46.6 Å². The van der Waals surface area contributed by atoms with Crippen LogP contribution < -0.4 is 0 Å². The van der Waals surface area contributed by atoms with Gasteiger partial charge in [-0.05, 0) is 23.3 Å². The van der Waals surface area contributed by atoms with E-state index in [0.717, 1.165) is 11.1 Å². The van der Waals surface area contributed by atoms with E-state index in [1.54, 1.807) is 36.4 Å². The molecular weight excluding hydrogens is 432 g/mol. The van der Waals surface area contributed by atoms with Gasteiger partial charge in [0.15, 0.2) is 23.0 Å². The number of hydrogen-bond acceptors (Lipinski definition) is 8. The summed E-state index contributed by atoms with van der Waals surface area (Å²) in [6, 6.07) is 15.4. The van der Waals surface area contributed by atoms with Crippen molar-refractivity contribution < 1.29 is 18.9 Å². The lowest BCUT2D eigenvalue weighted by Crippen LogP contribution is -1.94. The van der Waals surface area contributed by atoms with Crippen LogP contribution in [0, 0.1) is 45.3 Å². The second kappa shape index (κ2) is 9.96. The summed E-state index contributed by atoms with van der Waals surface area (Å²) < 4.78 is 21.1. The van der Waals surface area contributed by atoms with E-state index in [0.29, 0.717) is 11.1 Å². The van der Waals surface area contributed by atoms with Crippen LogP contribution in [0.5, 0.6) is 0 Å². The highest BCUT2D eigenvalue weighted by molar-refractivity contribution is 5.80. The molecule has 0 aromatic heterocycles. The van der Waals surface area contributed by atoms with E-state index in [9.17, 15) is 21.0 Å². The molecule has 0 bridgehead atoms. The van der Waals surface area contributed by atoms with Gasteiger partial charge in [-0.15, -0.1) is 0 Å². The molecule has 0 radical (unpaired) electrons. The molecule has 2 aliphatic rings. The molecule has 0 N–H and O–H groups in total. The number of methoxy groups -OCH3 is 4. The average molecular weight is 450 g/mol. The lowest BCUT2D eigenvalue weighted by Gasteiger charge is -2.05. The number of benzene rings is 1. The zero-order valence-electron chi connectivity index (χ0n) is 18.9. The third-order valence-electron chi connectivity index (χ3n) is 5.22. The van der Waals surface area contributed by atoms with Crippen molar-refractivity contribution in [2.24, 2.45) is 0 Å². The third kappa shape index (κ3) is 3.78. The highest BCUT2D eigenvalue weighted by atomic mass is 16.5. The van der Waals surface area contributed by atoms with Crippen LogP contribution in [0.25, 0.3) is 12.2 Å². The van der Waals surface area contributed by atoms with E-state index >= 15 is 0 Å². The maximum Gasteiger partial charge on any atom is 0.180 e. The molecule has 0 amide bonds. The van der Waals surface area contributed by atoms with Gasteiger partial charge in [-0.1, -0.05) is 24.3 Å². The highest BCUT2D eigenvalue weighted by Crippen LogP contribution is 2.39. The number of rotatable bonds is 6. The fraction of sp³-hybridized carbons (Fsp3) is 0.154. The van der Waals surface area contributed by atoms with E-state index in [-0.39, 0.29) is 45.3 Å². The molecule has 166 valence electrons. The normalized spacial score (nSPS) is 14.9. The number of nitrogens with zero attached hydrogens (tertiary/aromatic N) is 4. The first-order chi connectivity index (χ1) is 16.5. The smallest absolute Gasteiger partial charge is 0.180 e. The van der Waals surface area contributed by atoms with Gasteiger partial charge in [0.05, 0.1) is 28.4 Å². The molecule has 0 aliphatic heterocycles. The number of nitriles is 4. The Morgan fingerprint density at radius 3 is 0.912 bits per heavy atom. The van der Waals surface area contributed by atoms with Crippen LogP contribution in [0.1, 0.15) is 11.1 Å². The molecule has 0 saturated heterocycles. The molecule has 0 unspecified atom stereocenters. The van der Waals surface area contributed by atoms with Crippen molar-refractivity contribution in [3.8, 4) is 24.3 Å². The van der Waals surface area contributed by atoms with Crippen molar-refractivity contribution in [3.05, 3.63) is 91.9 Å². The topological polar surface area (TPSA) is 132 Å². The molecular formula is C26H18N4O4. The molecule has 1 aromatic carbocycles. The summed E-state index contributed by atoms with van der Waals surface area (Å²) in [7, 11) is 5.64. The second-order valence-electron chi connectivity index (χ2n) is 6.86. The summed E-state index contributed by atoms with van der Waals surface area (Å²) in [6.07, 6.45) is 3.39. The van der Waals surface area contributed by atoms with E-state index in [4.69, 9.17) is 18.9 Å². The maximum atomic E-state index is 9.62. The molecule has 8 nitrogen and oxygen atoms in total. The van der Waals surface area contributed by atoms with E-state index in [2.05, 4.69) is 24.3 Å². The fourth-order valence-corrected chi connectivity index (χ4v) is 3.73. The minimum atomic E-state index is 0.208. The Morgan fingerprint density at radius 2 is 0.735 bits per heavy atom. The van der Waals surface area contributed by atoms with Gasteiger partial charge in [-0.25, -0.2) is 0 Å². The first-order valence-corrected chi connectivity index (χ1v) is 9.82. The van der Waals surface area contributed by atoms with Crippen LogP contribution >= 0.6 is 0 Å². The van der Waals surface area contributed by atoms with E-state index in [1.807, 2.05) is 0 Å². The zero-order chi connectivity index (χ0) is 24.8. The van der Waals surface area contributed by atoms with Gasteiger partial charge in [0.2, 0.25) is 0 Å². The van der Waals surface area contributed by atoms with Crippen molar-refractivity contribution in [3.63, 3.8) is 0 Å². The third-order valence-corrected chi connectivity index (χ3v) is 5.22. The monoisotopic (exact) mass is 450 g/mol. The van der Waals surface area contributed by atoms with E-state index in [1.165, 1.54) is 28.4 Å². The molecule has 0 atom stereocenters. The Balaban J connectivity index is 2.06. The summed E-state index contributed by atoms with van der Waals surface area (Å²) in [4.78, 5) is 0. The van der Waals surface area contributed by atoms with Gasteiger partial charge in [0, 0.05) is 11.1 Å². The maximum absolute atomic E-state index is 9.62. The van der Waals surface area contributed by atoms with Crippen LogP contribution in [0.3, 0.4) is 0 Å². The Kier molecular flexibility index (Phi) is 6.88. The molecule has 34 heavy (non-hydrogen) atoms. The summed E-state index contributed by atoms with van der Waals surface area (Å²) in [5, 5.41) is 38.5. The molecule has 3 rings (SSSR count). The van der Waals surface area contributed by atoms with Crippen LogP contribution in [0.4, 0.5) is 0 Å². The number of hydrogen-bond donors (Lipinski definition) is 0. The SMILES string of the molecule is COC1=C(C#N)C(=Cc2ccc(C=C3C(C#N)=C(OC)C(OC)=C3C#N)cc2)C(C#N)=C1OC. The minimum Gasteiger partial charge on any atom is -0.491 e. The Bertz CT molecular complexity index is 1220. The van der Waals surface area contributed by atoms with Gasteiger partial charge in [0.25, 0.3) is 0 Å². The summed E-state index contributed by atoms with van der Waals surface area (Å²) in [5.74, 6) is 0.852. The lowest BCUT2D eigenvalue weighted by atomic mass is 9.99. The van der Waals surface area contributed by atoms with Gasteiger partial charge >= 0.3 is 0 Å². The highest BCUT2D eigenvalue weighted by Gasteiger charge is 2.33. The quantitative estimate of drug-likeness (QED) is 0.630. The van der Waals surface area contributed by atoms with Crippen molar-refractivity contribution in [1.82, 2.24) is 0 Å². The van der Waals surface area contributed by atoms with Crippen LogP contribution in [-0.2, 0) is 18.9 Å². The minimum absolute atomic E-state index is 0.208. The predicted octanol–water partition coefficient (Wildman–Crippen LogP) is 4.18. The summed E-state index contributed by atoms with van der Waals surface area (Å²) >= 11 is 0. The fourth-order valence-electron chi connectivity index (χ4n) is 3.73. The molecule has 0 fully saturated rings. The first-order valence-electron chi connectivity index (χ1n) is 9.82. The average Bonchev–Trinajstić information content (AvgIpc) is 3.34. The number of allylic oxidation sites excluding steroid dienone is 6. The Labute approximate surface area is 197 Å². The van der Waals surface area contributed by atoms with Gasteiger partial charge in [-0.3, -0.25) is 0 Å². The Morgan fingerprint density at radius 1 is 0.500 bits per heavy atom. The standard InChI is InChI=1S/C26H18N4O4/c1-31-23-19(11-27)17(20(12-28)24(23)32-2)9-15-5-7-16(8-6-15)10-18-21(13-29)25(33-3)26(34-4)22(18)14-30/h5-10H,1-4H3. The molecule has 1 aromatic rings. The second-order valence-corrected chi connectivity index (χ2v) is 6.86. The molecule has 0 saturated carbocycles. The molecule has 0 spiro atoms. The van der Waals surface area contributed by atoms with Crippen molar-refractivity contribution in [2.45, 2.75) is 0 Å². The lowest BCUT2D eigenvalue weighted by molar-refractivity contribution is 0.220. The van der Waals surface area contributed by atoms with Crippen LogP contribution in [-0.4, -0.2) is 28.4 Å². The van der Waals surface area contributed by atoms with Gasteiger partial charge < -0.3 is 18.9 Å². The largest absolute Gasteiger partial charge is 0.491 e. The van der Waals surface area contributed by atoms with Gasteiger partial charge in [-0.2, -0.15) is 21.0 Å². The van der Waals surface area contributed by atoms with Crippen LogP contribution in [0.15, 0.2) is 80.7 Å². The van der Waals surface area contributed by atoms with E-state index < -0.39 is 0 Å². The summed E-state index contributed by atoms with van der Waals surface area (Å²) in [6.45, 7) is 0. The van der Waals surface area contributed by atoms with Crippen molar-refractivity contribution in [2.75, 3.05) is 28.4 Å². The Hall–Kier alpha value is -5.18. The molecule has 2 aliphatic carbocycles. The molecule has 8 heteroatoms. The number of ether oxygens (including phenoxy) is 4. The predicted molar refractivity (Wildman–Crippen MR) is 121 cm³/mol. The first kappa shape index (κ1) is 23.5. The van der Waals surface area contributed by atoms with Crippen LogP contribution in [0.2, 0.25) is 0 Å². The molecule has 0 heterocycles. The summed E-state index contributed by atoms with van der Waals surface area (Å²) in [5.41, 5.74) is 3.08.